The van der Waals surface area contributed by atoms with Crippen molar-refractivity contribution in [3.63, 3.8) is 0 Å². The minimum absolute atomic E-state index is 0.159. The highest BCUT2D eigenvalue weighted by Crippen LogP contribution is 2.71. The number of unbranched alkanes of at least 4 members (excludes halogenated alkanes) is 1. The van der Waals surface area contributed by atoms with Gasteiger partial charge in [-0.2, -0.15) is 0 Å². The normalized spacial score (nSPS) is 34.9. The van der Waals surface area contributed by atoms with Crippen LogP contribution in [0.4, 0.5) is 0 Å². The van der Waals surface area contributed by atoms with E-state index in [4.69, 9.17) is 4.74 Å². The standard InChI is InChI=1S/C23H38N2O5S/c1-6-8-11-24-19(27)18-23-10-9-22(5,31-23)17(21(29)30-7-2)16(23)20(28)25(18)15(13-26)12-14(3)4/h14-18,26H,6-13H2,1-5H3,(H,24,27)/t15-,16+,17+,18?,22-,23?/m1/s1. The maximum atomic E-state index is 13.9. The van der Waals surface area contributed by atoms with Crippen LogP contribution in [0.1, 0.15) is 66.7 Å². The van der Waals surface area contributed by atoms with E-state index in [2.05, 4.69) is 12.2 Å². The highest BCUT2D eigenvalue weighted by Gasteiger charge is 2.77. The van der Waals surface area contributed by atoms with Gasteiger partial charge >= 0.3 is 5.97 Å². The number of likely N-dealkylation sites (tertiary alicyclic amines) is 1. The summed E-state index contributed by atoms with van der Waals surface area (Å²) in [7, 11) is 0. The molecule has 3 aliphatic rings. The number of nitrogens with one attached hydrogen (secondary N) is 1. The van der Waals surface area contributed by atoms with Gasteiger partial charge in [-0.05, 0) is 45.4 Å². The molecule has 31 heavy (non-hydrogen) atoms. The maximum Gasteiger partial charge on any atom is 0.311 e. The van der Waals surface area contributed by atoms with Gasteiger partial charge < -0.3 is 20.1 Å². The Morgan fingerprint density at radius 1 is 1.32 bits per heavy atom. The van der Waals surface area contributed by atoms with Crippen molar-refractivity contribution in [3.8, 4) is 0 Å². The summed E-state index contributed by atoms with van der Waals surface area (Å²) in [4.78, 5) is 42.0. The van der Waals surface area contributed by atoms with Gasteiger partial charge in [-0.15, -0.1) is 11.8 Å². The van der Waals surface area contributed by atoms with Crippen LogP contribution in [-0.2, 0) is 19.1 Å². The lowest BCUT2D eigenvalue weighted by Crippen LogP contribution is -2.56. The van der Waals surface area contributed by atoms with E-state index in [0.717, 1.165) is 19.3 Å². The highest BCUT2D eigenvalue weighted by molar-refractivity contribution is 8.02. The Kier molecular flexibility index (Phi) is 7.31. The Balaban J connectivity index is 2.03. The number of ether oxygens (including phenoxy) is 1. The number of nitrogens with zero attached hydrogens (tertiary/aromatic N) is 1. The number of rotatable bonds is 10. The summed E-state index contributed by atoms with van der Waals surface area (Å²) in [5.41, 5.74) is 0. The summed E-state index contributed by atoms with van der Waals surface area (Å²) in [5.74, 6) is -1.56. The van der Waals surface area contributed by atoms with Gasteiger partial charge in [0, 0.05) is 11.3 Å². The fourth-order valence-corrected chi connectivity index (χ4v) is 8.28. The van der Waals surface area contributed by atoms with Gasteiger partial charge in [0.25, 0.3) is 0 Å². The van der Waals surface area contributed by atoms with Crippen LogP contribution in [-0.4, -0.2) is 69.1 Å². The number of thioether (sulfide) groups is 1. The number of aliphatic hydroxyl groups excluding tert-OH is 1. The Hall–Kier alpha value is -1.28. The molecule has 3 fully saturated rings. The molecule has 3 saturated heterocycles. The molecule has 8 heteroatoms. The molecule has 176 valence electrons. The van der Waals surface area contributed by atoms with Crippen molar-refractivity contribution in [2.45, 2.75) is 88.3 Å². The molecule has 0 aliphatic carbocycles. The minimum Gasteiger partial charge on any atom is -0.466 e. The zero-order valence-electron chi connectivity index (χ0n) is 19.5. The molecule has 7 nitrogen and oxygen atoms in total. The molecule has 0 aromatic heterocycles. The first-order chi connectivity index (χ1) is 14.7. The van der Waals surface area contributed by atoms with Crippen molar-refractivity contribution in [2.24, 2.45) is 17.8 Å². The number of hydrogen-bond acceptors (Lipinski definition) is 6. The Morgan fingerprint density at radius 2 is 2.03 bits per heavy atom. The highest BCUT2D eigenvalue weighted by atomic mass is 32.2. The smallest absolute Gasteiger partial charge is 0.311 e. The van der Waals surface area contributed by atoms with Crippen LogP contribution in [0.5, 0.6) is 0 Å². The first-order valence-corrected chi connectivity index (χ1v) is 12.6. The Bertz CT molecular complexity index is 716. The topological polar surface area (TPSA) is 95.9 Å². The number of fused-ring (bicyclic) bond motifs is 1. The molecule has 0 aromatic rings. The minimum atomic E-state index is -0.677. The van der Waals surface area contributed by atoms with Crippen LogP contribution in [0.15, 0.2) is 0 Å². The number of hydrogen-bond donors (Lipinski definition) is 2. The summed E-state index contributed by atoms with van der Waals surface area (Å²) >= 11 is 1.64. The van der Waals surface area contributed by atoms with E-state index in [1.807, 2.05) is 20.8 Å². The summed E-state index contributed by atoms with van der Waals surface area (Å²) in [6.45, 7) is 10.6. The number of esters is 1. The molecule has 2 N–H and O–H groups in total. The number of carbonyl (C=O) groups is 3. The van der Waals surface area contributed by atoms with Gasteiger partial charge in [0.1, 0.15) is 6.04 Å². The van der Waals surface area contributed by atoms with Gasteiger partial charge in [-0.25, -0.2) is 0 Å². The zero-order valence-corrected chi connectivity index (χ0v) is 20.3. The van der Waals surface area contributed by atoms with Crippen LogP contribution in [0.3, 0.4) is 0 Å². The monoisotopic (exact) mass is 454 g/mol. The van der Waals surface area contributed by atoms with Crippen LogP contribution in [0.2, 0.25) is 0 Å². The SMILES string of the molecule is CCCCNC(=O)C1N([C@@H](CO)CC(C)C)C(=O)[C@@H]2[C@@H](C(=O)OCC)[C@@]3(C)CCC12S3. The first-order valence-electron chi connectivity index (χ1n) is 11.7. The second kappa shape index (κ2) is 9.30. The van der Waals surface area contributed by atoms with Crippen LogP contribution in [0.25, 0.3) is 0 Å². The van der Waals surface area contributed by atoms with Crippen LogP contribution < -0.4 is 5.32 Å². The van der Waals surface area contributed by atoms with Gasteiger partial charge in [-0.3, -0.25) is 14.4 Å². The zero-order chi connectivity index (χ0) is 23.0. The molecule has 0 aromatic carbocycles. The first kappa shape index (κ1) is 24.4. The van der Waals surface area contributed by atoms with Gasteiger partial charge in [0.2, 0.25) is 11.8 Å². The average Bonchev–Trinajstić information content (AvgIpc) is 3.27. The molecule has 3 rings (SSSR count). The molecule has 2 amide bonds. The van der Waals surface area contributed by atoms with Crippen LogP contribution in [0, 0.1) is 17.8 Å². The summed E-state index contributed by atoms with van der Waals surface area (Å²) in [6, 6.07) is -1.12. The van der Waals surface area contributed by atoms with E-state index in [1.54, 1.807) is 23.6 Å². The molecule has 0 radical (unpaired) electrons. The largest absolute Gasteiger partial charge is 0.466 e. The lowest BCUT2D eigenvalue weighted by Gasteiger charge is -2.37. The molecule has 3 aliphatic heterocycles. The summed E-state index contributed by atoms with van der Waals surface area (Å²) < 4.78 is 4.33. The van der Waals surface area contributed by atoms with E-state index >= 15 is 0 Å². The maximum absolute atomic E-state index is 13.9. The van der Waals surface area contributed by atoms with Crippen molar-refractivity contribution in [1.82, 2.24) is 10.2 Å². The predicted molar refractivity (Wildman–Crippen MR) is 120 cm³/mol. The third-order valence-corrected chi connectivity index (χ3v) is 9.17. The predicted octanol–water partition coefficient (Wildman–Crippen LogP) is 2.35. The van der Waals surface area contributed by atoms with E-state index < -0.39 is 33.4 Å². The van der Waals surface area contributed by atoms with Gasteiger partial charge in [0.15, 0.2) is 0 Å². The molecule has 2 bridgehead atoms. The molecule has 3 heterocycles. The van der Waals surface area contributed by atoms with Gasteiger partial charge in [-0.1, -0.05) is 27.2 Å². The molecule has 2 unspecified atom stereocenters. The second-order valence-corrected chi connectivity index (χ2v) is 11.7. The molecular formula is C23H38N2O5S. The van der Waals surface area contributed by atoms with Crippen molar-refractivity contribution in [1.29, 1.82) is 0 Å². The summed E-state index contributed by atoms with van der Waals surface area (Å²) in [5, 5.41) is 13.2. The van der Waals surface area contributed by atoms with Crippen molar-refractivity contribution in [3.05, 3.63) is 0 Å². The molecule has 6 atom stereocenters. The fraction of sp³-hybridized carbons (Fsp3) is 0.870. The fourth-order valence-electron chi connectivity index (χ4n) is 5.95. The average molecular weight is 455 g/mol. The van der Waals surface area contributed by atoms with Crippen molar-refractivity contribution < 1.29 is 24.2 Å². The van der Waals surface area contributed by atoms with E-state index in [9.17, 15) is 19.5 Å². The Morgan fingerprint density at radius 3 is 2.61 bits per heavy atom. The second-order valence-electron chi connectivity index (χ2n) is 9.84. The van der Waals surface area contributed by atoms with E-state index in [-0.39, 0.29) is 36.9 Å². The third-order valence-electron chi connectivity index (χ3n) is 7.18. The number of aliphatic hydroxyl groups is 1. The van der Waals surface area contributed by atoms with Crippen molar-refractivity contribution >= 4 is 29.5 Å². The lowest BCUT2D eigenvalue weighted by molar-refractivity contribution is -0.155. The lowest BCUT2D eigenvalue weighted by atomic mass is 9.66. The van der Waals surface area contributed by atoms with E-state index in [1.165, 1.54) is 0 Å². The van der Waals surface area contributed by atoms with Crippen molar-refractivity contribution in [2.75, 3.05) is 19.8 Å². The Labute approximate surface area is 190 Å². The number of carbonyl (C=O) groups excluding carboxylic acids is 3. The third kappa shape index (κ3) is 3.99. The quantitative estimate of drug-likeness (QED) is 0.389. The van der Waals surface area contributed by atoms with E-state index in [0.29, 0.717) is 19.4 Å². The molecular weight excluding hydrogens is 416 g/mol. The van der Waals surface area contributed by atoms with Crippen LogP contribution >= 0.6 is 11.8 Å². The molecule has 1 spiro atoms. The molecule has 0 saturated carbocycles. The van der Waals surface area contributed by atoms with Gasteiger partial charge in [0.05, 0.1) is 35.8 Å². The number of amides is 2. The summed E-state index contributed by atoms with van der Waals surface area (Å²) in [6.07, 6.45) is 3.92.